The van der Waals surface area contributed by atoms with Crippen LogP contribution in [0.15, 0.2) is 38.0 Å². The lowest BCUT2D eigenvalue weighted by Crippen LogP contribution is -2.15. The molecule has 2 rings (SSSR count). The van der Waals surface area contributed by atoms with Crippen LogP contribution in [-0.2, 0) is 6.54 Å². The smallest absolute Gasteiger partial charge is 0.255 e. The van der Waals surface area contributed by atoms with Crippen LogP contribution in [0.1, 0.15) is 4.88 Å². The van der Waals surface area contributed by atoms with Gasteiger partial charge < -0.3 is 9.73 Å². The lowest BCUT2D eigenvalue weighted by molar-refractivity contribution is 0.454. The summed E-state index contributed by atoms with van der Waals surface area (Å²) in [5.41, 5.74) is 0. The maximum absolute atomic E-state index is 5.12. The van der Waals surface area contributed by atoms with Gasteiger partial charge in [-0.1, -0.05) is 11.8 Å². The van der Waals surface area contributed by atoms with Gasteiger partial charge in [0.15, 0.2) is 0 Å². The van der Waals surface area contributed by atoms with Crippen LogP contribution in [0.4, 0.5) is 0 Å². The number of aromatic nitrogens is 1. The molecule has 16 heavy (non-hydrogen) atoms. The fraction of sp³-hybridized carbons (Fsp3) is 0.300. The fourth-order valence-corrected chi connectivity index (χ4v) is 3.25. The second-order valence-electron chi connectivity index (χ2n) is 3.05. The molecule has 2 aromatic heterocycles. The maximum Gasteiger partial charge on any atom is 0.255 e. The van der Waals surface area contributed by atoms with E-state index in [2.05, 4.69) is 37.7 Å². The number of thioether (sulfide) groups is 1. The van der Waals surface area contributed by atoms with Gasteiger partial charge in [-0.15, -0.1) is 11.3 Å². The predicted octanol–water partition coefficient (Wildman–Crippen LogP) is 3.38. The number of thiophene rings is 1. The molecule has 3 nitrogen and oxygen atoms in total. The van der Waals surface area contributed by atoms with Crippen molar-refractivity contribution in [3.05, 3.63) is 33.3 Å². The van der Waals surface area contributed by atoms with Crippen LogP contribution in [0.25, 0.3) is 0 Å². The van der Waals surface area contributed by atoms with Gasteiger partial charge in [-0.2, -0.15) is 0 Å². The van der Waals surface area contributed by atoms with Gasteiger partial charge in [-0.25, -0.2) is 4.98 Å². The SMILES string of the molecule is Brc1csc(CNCCSc2ncco2)c1. The summed E-state index contributed by atoms with van der Waals surface area (Å²) in [6.45, 7) is 1.87. The molecule has 0 amide bonds. The van der Waals surface area contributed by atoms with Crippen LogP contribution in [0.2, 0.25) is 0 Å². The number of oxazole rings is 1. The Hall–Kier alpha value is -0.300. The van der Waals surface area contributed by atoms with Gasteiger partial charge in [-0.05, 0) is 22.0 Å². The third-order valence-corrected chi connectivity index (χ3v) is 4.39. The standard InChI is InChI=1S/C10H11BrN2OS2/c11-8-5-9(16-7-8)6-12-2-4-15-10-13-1-3-14-10/h1,3,5,7,12H,2,4,6H2. The minimum absolute atomic E-state index is 0.737. The van der Waals surface area contributed by atoms with Crippen molar-refractivity contribution in [3.63, 3.8) is 0 Å². The monoisotopic (exact) mass is 318 g/mol. The van der Waals surface area contributed by atoms with Crippen molar-refractivity contribution in [2.75, 3.05) is 12.3 Å². The Labute approximate surface area is 111 Å². The Bertz CT molecular complexity index is 416. The number of halogens is 1. The normalized spacial score (nSPS) is 10.8. The van der Waals surface area contributed by atoms with E-state index in [-0.39, 0.29) is 0 Å². The maximum atomic E-state index is 5.12. The minimum atomic E-state index is 0.737. The van der Waals surface area contributed by atoms with Crippen molar-refractivity contribution in [3.8, 4) is 0 Å². The molecule has 0 aliphatic heterocycles. The Morgan fingerprint density at radius 1 is 1.56 bits per heavy atom. The second kappa shape index (κ2) is 6.44. The van der Waals surface area contributed by atoms with E-state index in [1.807, 2.05) is 0 Å². The van der Waals surface area contributed by atoms with Crippen molar-refractivity contribution >= 4 is 39.0 Å². The van der Waals surface area contributed by atoms with Crippen molar-refractivity contribution in [2.24, 2.45) is 0 Å². The van der Waals surface area contributed by atoms with Gasteiger partial charge in [-0.3, -0.25) is 0 Å². The molecule has 0 aliphatic carbocycles. The van der Waals surface area contributed by atoms with E-state index in [0.717, 1.165) is 28.5 Å². The van der Waals surface area contributed by atoms with Gasteiger partial charge in [0.25, 0.3) is 5.22 Å². The molecule has 0 saturated heterocycles. The Morgan fingerprint density at radius 2 is 2.50 bits per heavy atom. The van der Waals surface area contributed by atoms with E-state index in [1.54, 1.807) is 35.6 Å². The highest BCUT2D eigenvalue weighted by atomic mass is 79.9. The van der Waals surface area contributed by atoms with Crippen LogP contribution in [-0.4, -0.2) is 17.3 Å². The summed E-state index contributed by atoms with van der Waals surface area (Å²) in [6.07, 6.45) is 3.26. The molecule has 86 valence electrons. The number of hydrogen-bond donors (Lipinski definition) is 1. The first-order valence-corrected chi connectivity index (χ1v) is 7.46. The molecule has 0 spiro atoms. The molecule has 0 bridgehead atoms. The molecule has 1 N–H and O–H groups in total. The Balaban J connectivity index is 1.59. The molecule has 0 unspecified atom stereocenters. The zero-order valence-corrected chi connectivity index (χ0v) is 11.7. The van der Waals surface area contributed by atoms with Crippen molar-refractivity contribution in [1.82, 2.24) is 10.3 Å². The lowest BCUT2D eigenvalue weighted by atomic mass is 10.4. The first-order valence-electron chi connectivity index (χ1n) is 4.80. The van der Waals surface area contributed by atoms with Crippen molar-refractivity contribution in [1.29, 1.82) is 0 Å². The quantitative estimate of drug-likeness (QED) is 0.654. The van der Waals surface area contributed by atoms with Gasteiger partial charge in [0.1, 0.15) is 6.26 Å². The Morgan fingerprint density at radius 3 is 3.19 bits per heavy atom. The molecular weight excluding hydrogens is 308 g/mol. The average Bonchev–Trinajstić information content (AvgIpc) is 2.89. The third kappa shape index (κ3) is 3.93. The average molecular weight is 319 g/mol. The van der Waals surface area contributed by atoms with Crippen LogP contribution in [0.3, 0.4) is 0 Å². The number of hydrogen-bond acceptors (Lipinski definition) is 5. The van der Waals surface area contributed by atoms with E-state index in [9.17, 15) is 0 Å². The molecule has 6 heteroatoms. The molecule has 0 fully saturated rings. The molecule has 0 atom stereocenters. The summed E-state index contributed by atoms with van der Waals surface area (Å²) < 4.78 is 6.28. The van der Waals surface area contributed by atoms with Crippen molar-refractivity contribution in [2.45, 2.75) is 11.8 Å². The molecule has 2 heterocycles. The second-order valence-corrected chi connectivity index (χ2v) is 6.01. The highest BCUT2D eigenvalue weighted by Crippen LogP contribution is 2.19. The first kappa shape index (κ1) is 12.2. The third-order valence-electron chi connectivity index (χ3n) is 1.84. The molecule has 2 aromatic rings. The number of nitrogens with one attached hydrogen (secondary N) is 1. The summed E-state index contributed by atoms with van der Waals surface area (Å²) in [4.78, 5) is 5.38. The zero-order valence-electron chi connectivity index (χ0n) is 8.48. The Kier molecular flexibility index (Phi) is 4.90. The molecule has 0 aliphatic rings. The van der Waals surface area contributed by atoms with Crippen LogP contribution >= 0.6 is 39.0 Å². The van der Waals surface area contributed by atoms with Gasteiger partial charge >= 0.3 is 0 Å². The van der Waals surface area contributed by atoms with E-state index in [4.69, 9.17) is 4.42 Å². The minimum Gasteiger partial charge on any atom is -0.440 e. The summed E-state index contributed by atoms with van der Waals surface area (Å²) in [5, 5.41) is 6.21. The fourth-order valence-electron chi connectivity index (χ4n) is 1.15. The van der Waals surface area contributed by atoms with Crippen LogP contribution < -0.4 is 5.32 Å². The highest BCUT2D eigenvalue weighted by molar-refractivity contribution is 9.10. The van der Waals surface area contributed by atoms with Gasteiger partial charge in [0.2, 0.25) is 0 Å². The molecular formula is C10H11BrN2OS2. The van der Waals surface area contributed by atoms with Crippen molar-refractivity contribution < 1.29 is 4.42 Å². The highest BCUT2D eigenvalue weighted by Gasteiger charge is 1.99. The van der Waals surface area contributed by atoms with Crippen LogP contribution in [0, 0.1) is 0 Å². The van der Waals surface area contributed by atoms with E-state index in [0.29, 0.717) is 0 Å². The largest absolute Gasteiger partial charge is 0.440 e. The molecule has 0 radical (unpaired) electrons. The van der Waals surface area contributed by atoms with Crippen LogP contribution in [0.5, 0.6) is 0 Å². The summed E-state index contributed by atoms with van der Waals surface area (Å²) in [5.74, 6) is 0.965. The molecule has 0 saturated carbocycles. The van der Waals surface area contributed by atoms with E-state index >= 15 is 0 Å². The lowest BCUT2D eigenvalue weighted by Gasteiger charge is -2.00. The summed E-state index contributed by atoms with van der Waals surface area (Å²) in [6, 6.07) is 2.14. The predicted molar refractivity (Wildman–Crippen MR) is 71.0 cm³/mol. The zero-order chi connectivity index (χ0) is 11.2. The first-order chi connectivity index (χ1) is 7.84. The molecule has 0 aromatic carbocycles. The topological polar surface area (TPSA) is 38.1 Å². The summed E-state index contributed by atoms with van der Waals surface area (Å²) >= 11 is 6.82. The van der Waals surface area contributed by atoms with Gasteiger partial charge in [0.05, 0.1) is 6.20 Å². The van der Waals surface area contributed by atoms with E-state index < -0.39 is 0 Å². The summed E-state index contributed by atoms with van der Waals surface area (Å²) in [7, 11) is 0. The van der Waals surface area contributed by atoms with Gasteiger partial charge in [0, 0.05) is 33.6 Å². The number of rotatable bonds is 6. The van der Waals surface area contributed by atoms with E-state index in [1.165, 1.54) is 4.88 Å². The number of nitrogens with zero attached hydrogens (tertiary/aromatic N) is 1.